The molecule has 0 aliphatic carbocycles. The number of benzene rings is 1. The lowest BCUT2D eigenvalue weighted by Gasteiger charge is -2.41. The number of amides is 2. The number of aromatic hydroxyl groups is 1. The molecule has 2 amide bonds. The molecule has 2 atom stereocenters. The van der Waals surface area contributed by atoms with Crippen molar-refractivity contribution in [1.29, 1.82) is 0 Å². The first-order valence-corrected chi connectivity index (χ1v) is 6.44. The fraction of sp³-hybridized carbons (Fsp3) is 0.429. The number of fused-ring (bicyclic) bond motifs is 1. The summed E-state index contributed by atoms with van der Waals surface area (Å²) < 4.78 is 0. The molecule has 0 radical (unpaired) electrons. The van der Waals surface area contributed by atoms with Crippen molar-refractivity contribution in [1.82, 2.24) is 10.2 Å². The van der Waals surface area contributed by atoms with Crippen molar-refractivity contribution in [2.45, 2.75) is 31.3 Å². The fourth-order valence-electron chi connectivity index (χ4n) is 2.95. The second-order valence-corrected chi connectivity index (χ2v) is 5.37. The van der Waals surface area contributed by atoms with E-state index in [0.717, 1.165) is 6.42 Å². The van der Waals surface area contributed by atoms with Gasteiger partial charge in [0, 0.05) is 6.54 Å². The van der Waals surface area contributed by atoms with Gasteiger partial charge in [-0.05, 0) is 37.5 Å². The zero-order chi connectivity index (χ0) is 13.6. The molecule has 100 valence electrons. The lowest BCUT2D eigenvalue weighted by Crippen LogP contribution is -2.63. The Labute approximate surface area is 111 Å². The minimum absolute atomic E-state index is 0.0645. The Bertz CT molecular complexity index is 540. The Morgan fingerprint density at radius 3 is 2.68 bits per heavy atom. The van der Waals surface area contributed by atoms with E-state index < -0.39 is 11.6 Å². The molecule has 5 nitrogen and oxygen atoms in total. The highest BCUT2D eigenvalue weighted by Crippen LogP contribution is 2.36. The van der Waals surface area contributed by atoms with Gasteiger partial charge in [0.1, 0.15) is 17.3 Å². The molecule has 3 rings (SSSR count). The van der Waals surface area contributed by atoms with Crippen molar-refractivity contribution in [2.24, 2.45) is 0 Å². The lowest BCUT2D eigenvalue weighted by molar-refractivity contribution is -0.153. The zero-order valence-corrected chi connectivity index (χ0v) is 10.7. The molecule has 2 saturated heterocycles. The van der Waals surface area contributed by atoms with E-state index in [1.165, 1.54) is 12.1 Å². The largest absolute Gasteiger partial charge is 0.508 e. The Balaban J connectivity index is 1.95. The third-order valence-electron chi connectivity index (χ3n) is 4.15. The van der Waals surface area contributed by atoms with Crippen molar-refractivity contribution in [3.8, 4) is 5.75 Å². The van der Waals surface area contributed by atoms with Gasteiger partial charge in [-0.1, -0.05) is 12.1 Å². The van der Waals surface area contributed by atoms with E-state index in [1.807, 2.05) is 6.92 Å². The van der Waals surface area contributed by atoms with E-state index in [-0.39, 0.29) is 17.6 Å². The second kappa shape index (κ2) is 3.98. The molecular formula is C14H16N2O3. The van der Waals surface area contributed by atoms with Crippen molar-refractivity contribution in [3.05, 3.63) is 29.8 Å². The first-order chi connectivity index (χ1) is 9.02. The van der Waals surface area contributed by atoms with Gasteiger partial charge in [0.15, 0.2) is 0 Å². The van der Waals surface area contributed by atoms with Crippen LogP contribution in [0.2, 0.25) is 0 Å². The molecule has 2 heterocycles. The van der Waals surface area contributed by atoms with E-state index in [0.29, 0.717) is 18.5 Å². The maximum Gasteiger partial charge on any atom is 0.250 e. The van der Waals surface area contributed by atoms with Crippen molar-refractivity contribution >= 4 is 11.8 Å². The highest BCUT2D eigenvalue weighted by molar-refractivity contribution is 6.00. The summed E-state index contributed by atoms with van der Waals surface area (Å²) >= 11 is 0. The Morgan fingerprint density at radius 2 is 2.00 bits per heavy atom. The van der Waals surface area contributed by atoms with Crippen LogP contribution in [-0.2, 0) is 9.59 Å². The van der Waals surface area contributed by atoms with Crippen molar-refractivity contribution < 1.29 is 14.7 Å². The van der Waals surface area contributed by atoms with Crippen LogP contribution in [0.25, 0.3) is 0 Å². The molecule has 2 N–H and O–H groups in total. The number of phenolic OH excluding ortho intramolecular Hbond substituents is 1. The summed E-state index contributed by atoms with van der Waals surface area (Å²) in [4.78, 5) is 26.4. The Morgan fingerprint density at radius 1 is 1.32 bits per heavy atom. The molecule has 5 heteroatoms. The molecule has 19 heavy (non-hydrogen) atoms. The van der Waals surface area contributed by atoms with Gasteiger partial charge in [0.25, 0.3) is 5.91 Å². The normalized spacial score (nSPS) is 30.2. The van der Waals surface area contributed by atoms with Gasteiger partial charge in [0.05, 0.1) is 0 Å². The number of phenols is 1. The molecule has 2 aliphatic heterocycles. The summed E-state index contributed by atoms with van der Waals surface area (Å²) in [6, 6.07) is 5.73. The van der Waals surface area contributed by atoms with Crippen LogP contribution in [0.5, 0.6) is 5.75 Å². The first kappa shape index (κ1) is 12.0. The summed E-state index contributed by atoms with van der Waals surface area (Å²) in [7, 11) is 0. The summed E-state index contributed by atoms with van der Waals surface area (Å²) in [5, 5.41) is 12.1. The van der Waals surface area contributed by atoms with Crippen LogP contribution in [0.4, 0.5) is 0 Å². The minimum atomic E-state index is -0.690. The molecule has 1 aromatic rings. The number of piperazine rings is 1. The standard InChI is InChI=1S/C14H16N2O3/c1-14-7-2-8-16(14)12(18)11(15-13(14)19)9-3-5-10(17)6-4-9/h3-6,11,17H,2,7-8H2,1H3,(H,15,19)/t11-,14+/m1/s1. The molecule has 0 unspecified atom stereocenters. The highest BCUT2D eigenvalue weighted by Gasteiger charge is 2.52. The van der Waals surface area contributed by atoms with E-state index in [4.69, 9.17) is 0 Å². The quantitative estimate of drug-likeness (QED) is 0.789. The Kier molecular flexibility index (Phi) is 2.52. The monoisotopic (exact) mass is 260 g/mol. The SMILES string of the molecule is C[C@@]12CCCN1C(=O)[C@@H](c1ccc(O)cc1)NC2=O. The van der Waals surface area contributed by atoms with E-state index in [1.54, 1.807) is 17.0 Å². The van der Waals surface area contributed by atoms with Gasteiger partial charge in [-0.3, -0.25) is 9.59 Å². The van der Waals surface area contributed by atoms with Crippen molar-refractivity contribution in [3.63, 3.8) is 0 Å². The molecule has 2 aliphatic rings. The third-order valence-corrected chi connectivity index (χ3v) is 4.15. The number of carbonyl (C=O) groups is 2. The molecule has 2 fully saturated rings. The van der Waals surface area contributed by atoms with Crippen LogP contribution >= 0.6 is 0 Å². The molecule has 1 aromatic carbocycles. The summed E-state index contributed by atoms with van der Waals surface area (Å²) in [5.74, 6) is -0.0164. The topological polar surface area (TPSA) is 69.6 Å². The number of nitrogens with zero attached hydrogens (tertiary/aromatic N) is 1. The maximum absolute atomic E-state index is 12.5. The minimum Gasteiger partial charge on any atom is -0.508 e. The van der Waals surface area contributed by atoms with Gasteiger partial charge < -0.3 is 15.3 Å². The van der Waals surface area contributed by atoms with E-state index in [9.17, 15) is 14.7 Å². The number of hydrogen-bond donors (Lipinski definition) is 2. The van der Waals surface area contributed by atoms with Crippen molar-refractivity contribution in [2.75, 3.05) is 6.54 Å². The highest BCUT2D eigenvalue weighted by atomic mass is 16.3. The Hall–Kier alpha value is -2.04. The van der Waals surface area contributed by atoms with Crippen LogP contribution in [0.1, 0.15) is 31.4 Å². The molecular weight excluding hydrogens is 244 g/mol. The predicted octanol–water partition coefficient (Wildman–Crippen LogP) is 0.944. The predicted molar refractivity (Wildman–Crippen MR) is 68.3 cm³/mol. The van der Waals surface area contributed by atoms with E-state index in [2.05, 4.69) is 5.32 Å². The average molecular weight is 260 g/mol. The van der Waals surface area contributed by atoms with Gasteiger partial charge in [-0.25, -0.2) is 0 Å². The number of rotatable bonds is 1. The summed E-state index contributed by atoms with van der Waals surface area (Å²) in [6.07, 6.45) is 1.57. The van der Waals surface area contributed by atoms with E-state index >= 15 is 0 Å². The van der Waals surface area contributed by atoms with Gasteiger partial charge >= 0.3 is 0 Å². The maximum atomic E-state index is 12.5. The van der Waals surface area contributed by atoms with Gasteiger partial charge in [-0.2, -0.15) is 0 Å². The van der Waals surface area contributed by atoms with Gasteiger partial charge in [-0.15, -0.1) is 0 Å². The lowest BCUT2D eigenvalue weighted by atomic mass is 9.91. The zero-order valence-electron chi connectivity index (χ0n) is 10.7. The van der Waals surface area contributed by atoms with Crippen LogP contribution in [0.15, 0.2) is 24.3 Å². The number of nitrogens with one attached hydrogen (secondary N) is 1. The smallest absolute Gasteiger partial charge is 0.250 e. The van der Waals surface area contributed by atoms with Crippen LogP contribution < -0.4 is 5.32 Å². The first-order valence-electron chi connectivity index (χ1n) is 6.44. The van der Waals surface area contributed by atoms with Crippen LogP contribution in [0, 0.1) is 0 Å². The average Bonchev–Trinajstić information content (AvgIpc) is 2.79. The summed E-state index contributed by atoms with van der Waals surface area (Å²) in [6.45, 7) is 2.46. The molecule has 0 saturated carbocycles. The second-order valence-electron chi connectivity index (χ2n) is 5.37. The molecule has 0 bridgehead atoms. The number of carbonyl (C=O) groups excluding carboxylic acids is 2. The molecule has 0 spiro atoms. The number of hydrogen-bond acceptors (Lipinski definition) is 3. The third kappa shape index (κ3) is 1.69. The van der Waals surface area contributed by atoms with Crippen LogP contribution in [-0.4, -0.2) is 33.9 Å². The summed E-state index contributed by atoms with van der Waals surface area (Å²) in [5.41, 5.74) is 0.00919. The molecule has 0 aromatic heterocycles. The van der Waals surface area contributed by atoms with Gasteiger partial charge in [0.2, 0.25) is 5.91 Å². The fourth-order valence-corrected chi connectivity index (χ4v) is 2.95. The van der Waals surface area contributed by atoms with Crippen LogP contribution in [0.3, 0.4) is 0 Å².